The Kier molecular flexibility index (Phi) is 5.25. The van der Waals surface area contributed by atoms with E-state index in [-0.39, 0.29) is 5.56 Å². The standard InChI is InChI=1S/C17H18N2O3/c1-2-3-5-13-8-10-15(11-9-13)18-12-14-6-4-7-16(17(14)20)19(21)22/h4,6-12,20H,2-3,5H2,1H3/p-1. The van der Waals surface area contributed by atoms with E-state index in [1.54, 1.807) is 0 Å². The van der Waals surface area contributed by atoms with Gasteiger partial charge in [0, 0.05) is 12.3 Å². The van der Waals surface area contributed by atoms with Gasteiger partial charge in [-0.15, -0.1) is 0 Å². The first kappa shape index (κ1) is 15.7. The molecule has 2 aromatic rings. The Balaban J connectivity index is 2.15. The van der Waals surface area contributed by atoms with E-state index >= 15 is 0 Å². The van der Waals surface area contributed by atoms with Crippen molar-refractivity contribution >= 4 is 17.6 Å². The van der Waals surface area contributed by atoms with Crippen LogP contribution >= 0.6 is 0 Å². The lowest BCUT2D eigenvalue weighted by Crippen LogP contribution is -2.01. The van der Waals surface area contributed by atoms with Crippen molar-refractivity contribution in [3.63, 3.8) is 0 Å². The number of benzene rings is 2. The van der Waals surface area contributed by atoms with Gasteiger partial charge in [-0.3, -0.25) is 15.1 Å². The summed E-state index contributed by atoms with van der Waals surface area (Å²) in [7, 11) is 0. The summed E-state index contributed by atoms with van der Waals surface area (Å²) in [5, 5.41) is 22.6. The van der Waals surface area contributed by atoms with Crippen LogP contribution in [0.4, 0.5) is 11.4 Å². The molecule has 0 bridgehead atoms. The zero-order chi connectivity index (χ0) is 15.9. The highest BCUT2D eigenvalue weighted by Gasteiger charge is 2.07. The van der Waals surface area contributed by atoms with Crippen LogP contribution < -0.4 is 5.11 Å². The molecule has 0 aromatic heterocycles. The van der Waals surface area contributed by atoms with Gasteiger partial charge in [0.2, 0.25) is 0 Å². The van der Waals surface area contributed by atoms with E-state index < -0.39 is 16.4 Å². The largest absolute Gasteiger partial charge is 0.867 e. The molecule has 0 fully saturated rings. The van der Waals surface area contributed by atoms with E-state index in [4.69, 9.17) is 0 Å². The molecule has 22 heavy (non-hydrogen) atoms. The number of nitro benzene ring substituents is 1. The van der Waals surface area contributed by atoms with Crippen LogP contribution in [0.2, 0.25) is 0 Å². The third-order valence-electron chi connectivity index (χ3n) is 3.33. The lowest BCUT2D eigenvalue weighted by molar-refractivity contribution is -0.398. The quantitative estimate of drug-likeness (QED) is 0.462. The summed E-state index contributed by atoms with van der Waals surface area (Å²) in [6.45, 7) is 2.15. The van der Waals surface area contributed by atoms with E-state index in [2.05, 4.69) is 11.9 Å². The Morgan fingerprint density at radius 3 is 2.55 bits per heavy atom. The van der Waals surface area contributed by atoms with Crippen molar-refractivity contribution in [1.82, 2.24) is 0 Å². The Morgan fingerprint density at radius 2 is 1.91 bits per heavy atom. The molecule has 0 aliphatic rings. The van der Waals surface area contributed by atoms with E-state index in [1.807, 2.05) is 24.3 Å². The van der Waals surface area contributed by atoms with Crippen molar-refractivity contribution in [2.45, 2.75) is 26.2 Å². The Hall–Kier alpha value is -2.69. The molecule has 0 saturated carbocycles. The van der Waals surface area contributed by atoms with Gasteiger partial charge >= 0.3 is 0 Å². The molecule has 0 N–H and O–H groups in total. The lowest BCUT2D eigenvalue weighted by atomic mass is 10.1. The van der Waals surface area contributed by atoms with Crippen molar-refractivity contribution < 1.29 is 10.0 Å². The summed E-state index contributed by atoms with van der Waals surface area (Å²) in [5.41, 5.74) is 1.75. The van der Waals surface area contributed by atoms with Crippen molar-refractivity contribution in [2.75, 3.05) is 0 Å². The first-order valence-corrected chi connectivity index (χ1v) is 7.19. The molecule has 114 valence electrons. The van der Waals surface area contributed by atoms with Crippen LogP contribution in [0.1, 0.15) is 30.9 Å². The second kappa shape index (κ2) is 7.36. The number of nitrogens with zero attached hydrogens (tertiary/aromatic N) is 2. The molecule has 0 radical (unpaired) electrons. The molecule has 0 spiro atoms. The molecule has 5 nitrogen and oxygen atoms in total. The normalized spacial score (nSPS) is 11.0. The predicted octanol–water partition coefficient (Wildman–Crippen LogP) is 3.76. The fraction of sp³-hybridized carbons (Fsp3) is 0.235. The fourth-order valence-corrected chi connectivity index (χ4v) is 2.06. The topological polar surface area (TPSA) is 78.6 Å². The SMILES string of the molecule is CCCCc1ccc(N=Cc2cccc([N+](=O)[O-])c2[O-])cc1. The molecule has 0 unspecified atom stereocenters. The molecule has 2 rings (SSSR count). The zero-order valence-electron chi connectivity index (χ0n) is 12.4. The molecule has 0 aliphatic carbocycles. The second-order valence-electron chi connectivity index (χ2n) is 4.98. The van der Waals surface area contributed by atoms with Crippen LogP contribution in [0.15, 0.2) is 47.5 Å². The number of aryl methyl sites for hydroxylation is 1. The van der Waals surface area contributed by atoms with Crippen molar-refractivity contribution in [3.05, 3.63) is 63.7 Å². The van der Waals surface area contributed by atoms with Crippen LogP contribution in [0.5, 0.6) is 5.75 Å². The smallest absolute Gasteiger partial charge is 0.262 e. The van der Waals surface area contributed by atoms with Gasteiger partial charge in [0.1, 0.15) is 0 Å². The molecule has 0 atom stereocenters. The van der Waals surface area contributed by atoms with E-state index in [0.29, 0.717) is 5.69 Å². The van der Waals surface area contributed by atoms with Gasteiger partial charge in [-0.2, -0.15) is 0 Å². The summed E-state index contributed by atoms with van der Waals surface area (Å²) in [6.07, 6.45) is 4.71. The van der Waals surface area contributed by atoms with Gasteiger partial charge in [0.15, 0.2) is 0 Å². The number of unbranched alkanes of at least 4 members (excludes halogenated alkanes) is 1. The van der Waals surface area contributed by atoms with Gasteiger partial charge in [-0.25, -0.2) is 0 Å². The molecule has 0 aliphatic heterocycles. The van der Waals surface area contributed by atoms with Crippen LogP contribution in [0.3, 0.4) is 0 Å². The van der Waals surface area contributed by atoms with Crippen molar-refractivity contribution in [1.29, 1.82) is 0 Å². The van der Waals surface area contributed by atoms with Crippen LogP contribution in [-0.4, -0.2) is 11.1 Å². The van der Waals surface area contributed by atoms with Crippen LogP contribution in [0.25, 0.3) is 0 Å². The summed E-state index contributed by atoms with van der Waals surface area (Å²) in [5.74, 6) is -0.615. The minimum atomic E-state index is -0.678. The highest BCUT2D eigenvalue weighted by molar-refractivity contribution is 5.87. The number of rotatable bonds is 6. The third-order valence-corrected chi connectivity index (χ3v) is 3.33. The highest BCUT2D eigenvalue weighted by Crippen LogP contribution is 2.25. The second-order valence-corrected chi connectivity index (χ2v) is 4.98. The predicted molar refractivity (Wildman–Crippen MR) is 84.9 cm³/mol. The van der Waals surface area contributed by atoms with Crippen LogP contribution in [-0.2, 0) is 6.42 Å². The van der Waals surface area contributed by atoms with Gasteiger partial charge in [-0.1, -0.05) is 37.6 Å². The molecule has 2 aromatic carbocycles. The number of nitro groups is 1. The number of hydrogen-bond donors (Lipinski definition) is 0. The minimum absolute atomic E-state index is 0.212. The lowest BCUT2D eigenvalue weighted by Gasteiger charge is -2.09. The van der Waals surface area contributed by atoms with Gasteiger partial charge in [0.25, 0.3) is 5.69 Å². The monoisotopic (exact) mass is 297 g/mol. The third kappa shape index (κ3) is 3.91. The van der Waals surface area contributed by atoms with E-state index in [0.717, 1.165) is 19.3 Å². The molecule has 0 saturated heterocycles. The highest BCUT2D eigenvalue weighted by atomic mass is 16.6. The number of aliphatic imine (C=N–C) groups is 1. The Bertz CT molecular complexity index is 679. The maximum atomic E-state index is 11.9. The van der Waals surface area contributed by atoms with Gasteiger partial charge in [-0.05, 0) is 41.9 Å². The average Bonchev–Trinajstić information content (AvgIpc) is 2.52. The number of hydrogen-bond acceptors (Lipinski definition) is 4. The van der Waals surface area contributed by atoms with Crippen molar-refractivity contribution in [3.8, 4) is 5.75 Å². The fourth-order valence-electron chi connectivity index (χ4n) is 2.06. The first-order chi connectivity index (χ1) is 10.6. The zero-order valence-corrected chi connectivity index (χ0v) is 12.4. The molecule has 5 heteroatoms. The van der Waals surface area contributed by atoms with E-state index in [1.165, 1.54) is 30.0 Å². The summed E-state index contributed by atoms with van der Waals surface area (Å²) < 4.78 is 0. The Morgan fingerprint density at radius 1 is 1.18 bits per heavy atom. The average molecular weight is 297 g/mol. The maximum absolute atomic E-state index is 11.9. The van der Waals surface area contributed by atoms with E-state index in [9.17, 15) is 15.2 Å². The summed E-state index contributed by atoms with van der Waals surface area (Å²) in [6, 6.07) is 12.0. The molecule has 0 heterocycles. The minimum Gasteiger partial charge on any atom is -0.867 e. The maximum Gasteiger partial charge on any atom is 0.262 e. The Labute approximate surface area is 129 Å². The van der Waals surface area contributed by atoms with Crippen molar-refractivity contribution in [2.24, 2.45) is 4.99 Å². The summed E-state index contributed by atoms with van der Waals surface area (Å²) >= 11 is 0. The molecule has 0 amide bonds. The molecular weight excluding hydrogens is 280 g/mol. The van der Waals surface area contributed by atoms with Gasteiger partial charge < -0.3 is 5.11 Å². The first-order valence-electron chi connectivity index (χ1n) is 7.19. The van der Waals surface area contributed by atoms with Crippen LogP contribution in [0, 0.1) is 10.1 Å². The summed E-state index contributed by atoms with van der Waals surface area (Å²) in [4.78, 5) is 14.3. The number of para-hydroxylation sites is 1. The molecular formula is C17H17N2O3-. The van der Waals surface area contributed by atoms with Gasteiger partial charge in [0.05, 0.1) is 10.6 Å².